The van der Waals surface area contributed by atoms with Crippen molar-refractivity contribution in [3.63, 3.8) is 0 Å². The Hall–Kier alpha value is -5.92. The van der Waals surface area contributed by atoms with Gasteiger partial charge in [0, 0.05) is 16.5 Å². The van der Waals surface area contributed by atoms with Gasteiger partial charge in [-0.3, -0.25) is 0 Å². The van der Waals surface area contributed by atoms with Crippen molar-refractivity contribution in [3.8, 4) is 50.2 Å². The van der Waals surface area contributed by atoms with Gasteiger partial charge < -0.3 is 4.57 Å². The van der Waals surface area contributed by atoms with Gasteiger partial charge in [-0.1, -0.05) is 127 Å². The molecule has 1 aliphatic rings. The van der Waals surface area contributed by atoms with E-state index in [4.69, 9.17) is 0 Å². The molecule has 0 saturated carbocycles. The molecule has 1 heteroatoms. The maximum atomic E-state index is 2.42. The highest BCUT2D eigenvalue weighted by atomic mass is 15.0. The number of nitrogens with zero attached hydrogens (tertiary/aromatic N) is 1. The van der Waals surface area contributed by atoms with Crippen LogP contribution in [0.5, 0.6) is 0 Å². The first kappa shape index (κ1) is 24.5. The average molecular weight is 570 g/mol. The molecular formula is C44H27N. The summed E-state index contributed by atoms with van der Waals surface area (Å²) in [5.41, 5.74) is 14.0. The minimum absolute atomic E-state index is 1.18. The van der Waals surface area contributed by atoms with Gasteiger partial charge >= 0.3 is 0 Å². The van der Waals surface area contributed by atoms with Gasteiger partial charge in [-0.05, 0) is 102 Å². The van der Waals surface area contributed by atoms with Crippen LogP contribution >= 0.6 is 0 Å². The second kappa shape index (κ2) is 9.29. The van der Waals surface area contributed by atoms with Crippen LogP contribution in [0.25, 0.3) is 93.5 Å². The molecule has 0 bridgehead atoms. The van der Waals surface area contributed by atoms with Gasteiger partial charge in [-0.2, -0.15) is 0 Å². The molecule has 0 N–H and O–H groups in total. The Kier molecular flexibility index (Phi) is 5.06. The van der Waals surface area contributed by atoms with Crippen LogP contribution in [0.15, 0.2) is 164 Å². The first-order valence-corrected chi connectivity index (χ1v) is 15.6. The molecule has 0 saturated heterocycles. The summed E-state index contributed by atoms with van der Waals surface area (Å²) in [6, 6.07) is 60.2. The van der Waals surface area contributed by atoms with Gasteiger partial charge in [0.15, 0.2) is 0 Å². The number of fused-ring (bicyclic) bond motifs is 7. The lowest BCUT2D eigenvalue weighted by atomic mass is 9.91. The third kappa shape index (κ3) is 3.50. The Morgan fingerprint density at radius 1 is 0.333 bits per heavy atom. The van der Waals surface area contributed by atoms with Crippen LogP contribution in [0.4, 0.5) is 0 Å². The van der Waals surface area contributed by atoms with Gasteiger partial charge in [0.1, 0.15) is 0 Å². The summed E-state index contributed by atoms with van der Waals surface area (Å²) >= 11 is 0. The number of hydrogen-bond donors (Lipinski definition) is 0. The number of para-hydroxylation sites is 2. The molecule has 1 aromatic heterocycles. The van der Waals surface area contributed by atoms with E-state index in [1.54, 1.807) is 0 Å². The van der Waals surface area contributed by atoms with Crippen LogP contribution in [0, 0.1) is 0 Å². The van der Waals surface area contributed by atoms with Gasteiger partial charge in [-0.15, -0.1) is 0 Å². The Morgan fingerprint density at radius 2 is 0.978 bits per heavy atom. The van der Waals surface area contributed by atoms with E-state index < -0.39 is 0 Å². The summed E-state index contributed by atoms with van der Waals surface area (Å²) in [6.07, 6.45) is 0. The van der Waals surface area contributed by atoms with Crippen molar-refractivity contribution in [1.29, 1.82) is 0 Å². The largest absolute Gasteiger partial charge is 0.309 e. The van der Waals surface area contributed by atoms with Crippen molar-refractivity contribution < 1.29 is 0 Å². The molecule has 0 fully saturated rings. The zero-order valence-corrected chi connectivity index (χ0v) is 24.5. The smallest absolute Gasteiger partial charge is 0.0553 e. The van der Waals surface area contributed by atoms with Crippen molar-refractivity contribution in [1.82, 2.24) is 4.57 Å². The van der Waals surface area contributed by atoms with Crippen LogP contribution in [0.2, 0.25) is 0 Å². The van der Waals surface area contributed by atoms with Crippen LogP contribution in [-0.4, -0.2) is 4.57 Å². The molecule has 0 amide bonds. The van der Waals surface area contributed by atoms with Crippen molar-refractivity contribution in [3.05, 3.63) is 164 Å². The SMILES string of the molecule is c1ccc(-n2c3ccccc3c3c(-c4ccc(-c5cc6c7c(cccc7c5)-c5ccccc5-6)cc4)c4ccccc4cc32)cc1. The van der Waals surface area contributed by atoms with Crippen LogP contribution in [-0.2, 0) is 0 Å². The maximum Gasteiger partial charge on any atom is 0.0553 e. The van der Waals surface area contributed by atoms with Crippen LogP contribution in [0.1, 0.15) is 0 Å². The molecule has 0 aliphatic heterocycles. The van der Waals surface area contributed by atoms with Crippen LogP contribution < -0.4 is 0 Å². The number of rotatable bonds is 3. The summed E-state index contributed by atoms with van der Waals surface area (Å²) in [6.45, 7) is 0. The topological polar surface area (TPSA) is 4.93 Å². The molecule has 10 rings (SSSR count). The zero-order valence-electron chi connectivity index (χ0n) is 24.5. The minimum atomic E-state index is 1.18. The van der Waals surface area contributed by atoms with Gasteiger partial charge in [0.2, 0.25) is 0 Å². The van der Waals surface area contributed by atoms with Crippen molar-refractivity contribution in [2.45, 2.75) is 0 Å². The normalized spacial score (nSPS) is 12.0. The van der Waals surface area contributed by atoms with E-state index in [0.717, 1.165) is 0 Å². The fraction of sp³-hybridized carbons (Fsp3) is 0. The quantitative estimate of drug-likeness (QED) is 0.199. The van der Waals surface area contributed by atoms with Crippen molar-refractivity contribution in [2.75, 3.05) is 0 Å². The molecule has 0 unspecified atom stereocenters. The Labute approximate surface area is 261 Å². The van der Waals surface area contributed by atoms with E-state index in [1.165, 1.54) is 93.5 Å². The third-order valence-corrected chi connectivity index (χ3v) is 9.69. The summed E-state index contributed by atoms with van der Waals surface area (Å²) < 4.78 is 2.42. The second-order valence-electron chi connectivity index (χ2n) is 12.1. The molecule has 45 heavy (non-hydrogen) atoms. The minimum Gasteiger partial charge on any atom is -0.309 e. The first-order valence-electron chi connectivity index (χ1n) is 15.6. The predicted molar refractivity (Wildman–Crippen MR) is 191 cm³/mol. The van der Waals surface area contributed by atoms with E-state index in [1.807, 2.05) is 0 Å². The van der Waals surface area contributed by atoms with E-state index in [-0.39, 0.29) is 0 Å². The highest BCUT2D eigenvalue weighted by molar-refractivity contribution is 6.23. The molecule has 208 valence electrons. The third-order valence-electron chi connectivity index (χ3n) is 9.69. The van der Waals surface area contributed by atoms with Crippen LogP contribution in [0.3, 0.4) is 0 Å². The summed E-state index contributed by atoms with van der Waals surface area (Å²) in [5, 5.41) is 7.75. The first-order chi connectivity index (χ1) is 22.3. The Morgan fingerprint density at radius 3 is 1.82 bits per heavy atom. The monoisotopic (exact) mass is 569 g/mol. The molecule has 0 spiro atoms. The molecule has 0 atom stereocenters. The zero-order chi connectivity index (χ0) is 29.5. The Bertz CT molecular complexity index is 2620. The predicted octanol–water partition coefficient (Wildman–Crippen LogP) is 12.1. The van der Waals surface area contributed by atoms with Gasteiger partial charge in [0.25, 0.3) is 0 Å². The average Bonchev–Trinajstić information content (AvgIpc) is 3.61. The standard InChI is InChI=1S/C44H27N/c1-2-13-33(14-3-1)45-40-20-9-8-18-38(40)44-41(45)27-30-11-4-5-15-34(30)43(44)29-23-21-28(22-24-29)32-25-31-12-10-19-37-35-16-6-7-17-36(35)39(26-32)42(31)37/h1-27H. The molecule has 1 nitrogen and oxygen atoms in total. The van der Waals surface area contributed by atoms with E-state index in [9.17, 15) is 0 Å². The summed E-state index contributed by atoms with van der Waals surface area (Å²) in [5.74, 6) is 0. The summed E-state index contributed by atoms with van der Waals surface area (Å²) in [7, 11) is 0. The van der Waals surface area contributed by atoms with E-state index in [0.29, 0.717) is 0 Å². The summed E-state index contributed by atoms with van der Waals surface area (Å²) in [4.78, 5) is 0. The molecule has 0 radical (unpaired) electrons. The highest BCUT2D eigenvalue weighted by Gasteiger charge is 2.22. The van der Waals surface area contributed by atoms with Crippen molar-refractivity contribution >= 4 is 43.4 Å². The number of benzene rings is 8. The number of hydrogen-bond acceptors (Lipinski definition) is 0. The molecule has 1 aliphatic carbocycles. The Balaban J connectivity index is 1.20. The molecule has 9 aromatic rings. The van der Waals surface area contributed by atoms with Gasteiger partial charge in [-0.25, -0.2) is 0 Å². The highest BCUT2D eigenvalue weighted by Crippen LogP contribution is 2.49. The van der Waals surface area contributed by atoms with E-state index in [2.05, 4.69) is 168 Å². The fourth-order valence-electron chi connectivity index (χ4n) is 7.76. The van der Waals surface area contributed by atoms with Crippen molar-refractivity contribution in [2.24, 2.45) is 0 Å². The second-order valence-corrected chi connectivity index (χ2v) is 12.1. The lowest BCUT2D eigenvalue weighted by Gasteiger charge is -2.13. The molecule has 8 aromatic carbocycles. The fourth-order valence-corrected chi connectivity index (χ4v) is 7.76. The molecular weight excluding hydrogens is 542 g/mol. The maximum absolute atomic E-state index is 2.42. The lowest BCUT2D eigenvalue weighted by Crippen LogP contribution is -1.93. The number of aromatic nitrogens is 1. The van der Waals surface area contributed by atoms with Gasteiger partial charge in [0.05, 0.1) is 11.0 Å². The molecule has 1 heterocycles. The van der Waals surface area contributed by atoms with E-state index >= 15 is 0 Å². The lowest BCUT2D eigenvalue weighted by molar-refractivity contribution is 1.18.